The number of rotatable bonds is 0. The first-order chi connectivity index (χ1) is 4.70. The molecule has 0 aliphatic heterocycles. The van der Waals surface area contributed by atoms with Gasteiger partial charge in [0.25, 0.3) is 11.8 Å². The van der Waals surface area contributed by atoms with Crippen molar-refractivity contribution in [2.24, 2.45) is 0 Å². The molecule has 0 radical (unpaired) electrons. The van der Waals surface area contributed by atoms with Crippen molar-refractivity contribution in [3.63, 3.8) is 0 Å². The van der Waals surface area contributed by atoms with Crippen LogP contribution in [0.4, 0.5) is 0 Å². The highest BCUT2D eigenvalue weighted by Gasteiger charge is 1.89. The highest BCUT2D eigenvalue weighted by Crippen LogP contribution is 1.59. The van der Waals surface area contributed by atoms with Gasteiger partial charge in [-0.05, 0) is 0 Å². The summed E-state index contributed by atoms with van der Waals surface area (Å²) in [6.45, 7) is 0. The molecule has 0 aromatic carbocycles. The first-order valence-corrected chi connectivity index (χ1v) is 2.66. The molecular weight excluding hydrogens is 132 g/mol. The van der Waals surface area contributed by atoms with Gasteiger partial charge in [-0.3, -0.25) is 9.59 Å². The maximum absolute atomic E-state index is 10.4. The Morgan fingerprint density at radius 1 is 1.00 bits per heavy atom. The summed E-state index contributed by atoms with van der Waals surface area (Å²) in [5, 5.41) is 4.50. The van der Waals surface area contributed by atoms with Crippen LogP contribution in [0.2, 0.25) is 0 Å². The topological polar surface area (TPSA) is 58.2 Å². The Labute approximate surface area is 59.0 Å². The van der Waals surface area contributed by atoms with Gasteiger partial charge < -0.3 is 10.6 Å². The fraction of sp³-hybridized carbons (Fsp3) is 0.333. The van der Waals surface area contributed by atoms with E-state index in [4.69, 9.17) is 0 Å². The summed E-state index contributed by atoms with van der Waals surface area (Å²) < 4.78 is 0. The summed E-state index contributed by atoms with van der Waals surface area (Å²) in [5.41, 5.74) is 0. The molecule has 0 aliphatic carbocycles. The van der Waals surface area contributed by atoms with E-state index in [1.54, 1.807) is 0 Å². The number of carbonyl (C=O) groups is 2. The standard InChI is InChI=1S/C6H8N2O2/c1-7-5(9)3-4-6(10)8-2/h1-2H3,(H,7,9)(H,8,10). The van der Waals surface area contributed by atoms with Crippen LogP contribution in [0, 0.1) is 11.8 Å². The molecule has 0 aliphatic rings. The van der Waals surface area contributed by atoms with Gasteiger partial charge in [-0.15, -0.1) is 0 Å². The van der Waals surface area contributed by atoms with Gasteiger partial charge >= 0.3 is 0 Å². The van der Waals surface area contributed by atoms with E-state index in [1.807, 2.05) is 0 Å². The van der Waals surface area contributed by atoms with Crippen LogP contribution >= 0.6 is 0 Å². The van der Waals surface area contributed by atoms with Gasteiger partial charge in [-0.25, -0.2) is 0 Å². The third-order valence-electron chi connectivity index (χ3n) is 0.744. The molecule has 0 saturated carbocycles. The van der Waals surface area contributed by atoms with Crippen molar-refractivity contribution in [2.45, 2.75) is 0 Å². The predicted octanol–water partition coefficient (Wildman–Crippen LogP) is -1.52. The molecule has 0 rings (SSSR count). The van der Waals surface area contributed by atoms with Gasteiger partial charge in [0.15, 0.2) is 0 Å². The van der Waals surface area contributed by atoms with Crippen LogP contribution in [-0.4, -0.2) is 25.9 Å². The predicted molar refractivity (Wildman–Crippen MR) is 35.9 cm³/mol. The average Bonchev–Trinajstić information content (AvgIpc) is 1.99. The van der Waals surface area contributed by atoms with E-state index < -0.39 is 11.8 Å². The van der Waals surface area contributed by atoms with Crippen LogP contribution < -0.4 is 10.6 Å². The van der Waals surface area contributed by atoms with Crippen molar-refractivity contribution in [2.75, 3.05) is 14.1 Å². The monoisotopic (exact) mass is 140 g/mol. The molecule has 0 bridgehead atoms. The SMILES string of the molecule is CNC(=O)C#CC(=O)NC. The van der Waals surface area contributed by atoms with Gasteiger partial charge in [0.1, 0.15) is 0 Å². The first-order valence-electron chi connectivity index (χ1n) is 2.66. The second-order valence-electron chi connectivity index (χ2n) is 1.41. The molecule has 2 N–H and O–H groups in total. The van der Waals surface area contributed by atoms with Crippen molar-refractivity contribution in [1.29, 1.82) is 0 Å². The maximum Gasteiger partial charge on any atom is 0.296 e. The molecule has 10 heavy (non-hydrogen) atoms. The van der Waals surface area contributed by atoms with E-state index in [9.17, 15) is 9.59 Å². The number of hydrogen-bond donors (Lipinski definition) is 2. The van der Waals surface area contributed by atoms with Crippen molar-refractivity contribution in [1.82, 2.24) is 10.6 Å². The smallest absolute Gasteiger partial charge is 0.296 e. The lowest BCUT2D eigenvalue weighted by Crippen LogP contribution is -2.18. The van der Waals surface area contributed by atoms with E-state index in [0.717, 1.165) is 0 Å². The first kappa shape index (κ1) is 8.50. The molecule has 0 atom stereocenters. The molecule has 0 unspecified atom stereocenters. The normalized spacial score (nSPS) is 7.00. The largest absolute Gasteiger partial charge is 0.348 e. The number of nitrogens with one attached hydrogen (secondary N) is 2. The highest BCUT2D eigenvalue weighted by molar-refractivity contribution is 6.02. The molecule has 0 spiro atoms. The van der Waals surface area contributed by atoms with Gasteiger partial charge in [0.2, 0.25) is 0 Å². The van der Waals surface area contributed by atoms with Gasteiger partial charge in [0.05, 0.1) is 0 Å². The zero-order valence-corrected chi connectivity index (χ0v) is 5.82. The molecular formula is C6H8N2O2. The molecule has 0 aromatic rings. The fourth-order valence-corrected chi connectivity index (χ4v) is 0.239. The Hall–Kier alpha value is -1.50. The van der Waals surface area contributed by atoms with Crippen LogP contribution in [0.15, 0.2) is 0 Å². The van der Waals surface area contributed by atoms with Gasteiger partial charge in [-0.2, -0.15) is 0 Å². The number of amides is 2. The Morgan fingerprint density at radius 2 is 1.30 bits per heavy atom. The van der Waals surface area contributed by atoms with Crippen LogP contribution in [0.25, 0.3) is 0 Å². The van der Waals surface area contributed by atoms with E-state index in [2.05, 4.69) is 22.5 Å². The van der Waals surface area contributed by atoms with Crippen LogP contribution in [-0.2, 0) is 9.59 Å². The second-order valence-corrected chi connectivity index (χ2v) is 1.41. The number of carbonyl (C=O) groups excluding carboxylic acids is 2. The zero-order chi connectivity index (χ0) is 7.98. The van der Waals surface area contributed by atoms with Crippen molar-refractivity contribution < 1.29 is 9.59 Å². The fourth-order valence-electron chi connectivity index (χ4n) is 0.239. The maximum atomic E-state index is 10.4. The van der Waals surface area contributed by atoms with Crippen LogP contribution in [0.5, 0.6) is 0 Å². The summed E-state index contributed by atoms with van der Waals surface area (Å²) in [6.07, 6.45) is 0. The minimum Gasteiger partial charge on any atom is -0.348 e. The Morgan fingerprint density at radius 3 is 1.50 bits per heavy atom. The molecule has 0 fully saturated rings. The molecule has 0 heterocycles. The summed E-state index contributed by atoms with van der Waals surface area (Å²) in [4.78, 5) is 20.7. The summed E-state index contributed by atoms with van der Waals surface area (Å²) in [6, 6.07) is 0. The van der Waals surface area contributed by atoms with Gasteiger partial charge in [0, 0.05) is 25.9 Å². The Kier molecular flexibility index (Phi) is 3.73. The van der Waals surface area contributed by atoms with Crippen molar-refractivity contribution >= 4 is 11.8 Å². The van der Waals surface area contributed by atoms with Crippen LogP contribution in [0.3, 0.4) is 0 Å². The van der Waals surface area contributed by atoms with Crippen molar-refractivity contribution in [3.8, 4) is 11.8 Å². The third kappa shape index (κ3) is 3.50. The third-order valence-corrected chi connectivity index (χ3v) is 0.744. The lowest BCUT2D eigenvalue weighted by Gasteiger charge is -1.85. The zero-order valence-electron chi connectivity index (χ0n) is 5.82. The Bertz CT molecular complexity index is 180. The molecule has 4 nitrogen and oxygen atoms in total. The molecule has 2 amide bonds. The molecule has 0 aromatic heterocycles. The quantitative estimate of drug-likeness (QED) is 0.401. The Balaban J connectivity index is 3.91. The lowest BCUT2D eigenvalue weighted by molar-refractivity contribution is -0.116. The van der Waals surface area contributed by atoms with Gasteiger partial charge in [-0.1, -0.05) is 0 Å². The second kappa shape index (κ2) is 4.39. The average molecular weight is 140 g/mol. The lowest BCUT2D eigenvalue weighted by atomic mass is 10.5. The highest BCUT2D eigenvalue weighted by atomic mass is 16.2. The molecule has 4 heteroatoms. The molecule has 54 valence electrons. The van der Waals surface area contributed by atoms with E-state index in [1.165, 1.54) is 14.1 Å². The van der Waals surface area contributed by atoms with E-state index in [0.29, 0.717) is 0 Å². The molecule has 0 saturated heterocycles. The number of hydrogen-bond acceptors (Lipinski definition) is 2. The van der Waals surface area contributed by atoms with E-state index in [-0.39, 0.29) is 0 Å². The summed E-state index contributed by atoms with van der Waals surface area (Å²) in [5.74, 6) is 3.20. The summed E-state index contributed by atoms with van der Waals surface area (Å²) >= 11 is 0. The minimum absolute atomic E-state index is 0.469. The minimum atomic E-state index is -0.469. The van der Waals surface area contributed by atoms with E-state index >= 15 is 0 Å². The van der Waals surface area contributed by atoms with Crippen molar-refractivity contribution in [3.05, 3.63) is 0 Å². The summed E-state index contributed by atoms with van der Waals surface area (Å²) in [7, 11) is 2.89. The van der Waals surface area contributed by atoms with Crippen LogP contribution in [0.1, 0.15) is 0 Å².